The van der Waals surface area contributed by atoms with Gasteiger partial charge in [0.15, 0.2) is 0 Å². The summed E-state index contributed by atoms with van der Waals surface area (Å²) < 4.78 is 0. The van der Waals surface area contributed by atoms with Crippen molar-refractivity contribution in [2.75, 3.05) is 14.1 Å². The van der Waals surface area contributed by atoms with Crippen LogP contribution in [0.25, 0.3) is 0 Å². The van der Waals surface area contributed by atoms with Crippen LogP contribution in [0.4, 0.5) is 0 Å². The Kier molecular flexibility index (Phi) is 3.60. The van der Waals surface area contributed by atoms with Crippen LogP contribution in [0.3, 0.4) is 0 Å². The van der Waals surface area contributed by atoms with Crippen molar-refractivity contribution in [2.24, 2.45) is 17.8 Å². The molecule has 0 bridgehead atoms. The number of hydrogen-bond acceptors (Lipinski definition) is 3. The van der Waals surface area contributed by atoms with Gasteiger partial charge in [0.05, 0.1) is 11.8 Å². The summed E-state index contributed by atoms with van der Waals surface area (Å²) in [6.07, 6.45) is 4.59. The number of amides is 2. The van der Waals surface area contributed by atoms with Crippen molar-refractivity contribution in [3.05, 3.63) is 23.0 Å². The summed E-state index contributed by atoms with van der Waals surface area (Å²) in [6.45, 7) is 4.29. The number of carbonyl (C=O) groups is 2. The standard InChI is InChI=1S/C19H27N3O2/c1-5-11-6-7-12-13(9-11)15-16(14-8-10(2)20-17(12)14)19(24)22(18(15)23)21(3)4/h8,11-13,15-16,20H,5-7,9H2,1-4H3/t11?,12-,13+,15+,16-/m1/s1. The van der Waals surface area contributed by atoms with E-state index < -0.39 is 0 Å². The van der Waals surface area contributed by atoms with E-state index in [1.165, 1.54) is 17.1 Å². The Balaban J connectivity index is 1.83. The molecule has 1 aromatic heterocycles. The highest BCUT2D eigenvalue weighted by molar-refractivity contribution is 6.08. The minimum atomic E-state index is -0.295. The zero-order chi connectivity index (χ0) is 17.2. The number of carbonyl (C=O) groups excluding carboxylic acids is 2. The van der Waals surface area contributed by atoms with Gasteiger partial charge in [-0.05, 0) is 49.7 Å². The Morgan fingerprint density at radius 1 is 1.25 bits per heavy atom. The molecule has 1 N–H and O–H groups in total. The van der Waals surface area contributed by atoms with Crippen molar-refractivity contribution in [3.8, 4) is 0 Å². The third-order valence-corrected chi connectivity index (χ3v) is 6.50. The molecule has 24 heavy (non-hydrogen) atoms. The molecule has 2 fully saturated rings. The Bertz CT molecular complexity index is 693. The van der Waals surface area contributed by atoms with Gasteiger partial charge in [-0.15, -0.1) is 0 Å². The minimum Gasteiger partial charge on any atom is -0.362 e. The minimum absolute atomic E-state index is 0.00579. The van der Waals surface area contributed by atoms with Gasteiger partial charge in [0.25, 0.3) is 5.91 Å². The molecule has 130 valence electrons. The molecule has 5 heteroatoms. The highest BCUT2D eigenvalue weighted by Crippen LogP contribution is 2.56. The predicted octanol–water partition coefficient (Wildman–Crippen LogP) is 2.79. The van der Waals surface area contributed by atoms with Crippen LogP contribution in [-0.4, -0.2) is 40.9 Å². The van der Waals surface area contributed by atoms with Crippen LogP contribution < -0.4 is 0 Å². The first-order valence-electron chi connectivity index (χ1n) is 9.18. The fraction of sp³-hybridized carbons (Fsp3) is 0.684. The highest BCUT2D eigenvalue weighted by Gasteiger charge is 2.58. The molecule has 2 amide bonds. The molecule has 4 rings (SSSR count). The number of nitrogens with zero attached hydrogens (tertiary/aromatic N) is 2. The van der Waals surface area contributed by atoms with Gasteiger partial charge in [0.1, 0.15) is 0 Å². The lowest BCUT2D eigenvalue weighted by Gasteiger charge is -2.43. The van der Waals surface area contributed by atoms with Gasteiger partial charge in [-0.1, -0.05) is 13.3 Å². The number of H-pyrrole nitrogens is 1. The molecule has 1 saturated heterocycles. The van der Waals surface area contributed by atoms with Gasteiger partial charge in [0.2, 0.25) is 5.91 Å². The van der Waals surface area contributed by atoms with E-state index in [9.17, 15) is 9.59 Å². The lowest BCUT2D eigenvalue weighted by Crippen LogP contribution is -2.43. The van der Waals surface area contributed by atoms with E-state index in [2.05, 4.69) is 18.0 Å². The normalized spacial score (nSPS) is 35.2. The number of aromatic nitrogens is 1. The lowest BCUT2D eigenvalue weighted by atomic mass is 9.59. The quantitative estimate of drug-likeness (QED) is 0.849. The van der Waals surface area contributed by atoms with E-state index in [1.54, 1.807) is 19.1 Å². The average Bonchev–Trinajstić information content (AvgIpc) is 3.04. The van der Waals surface area contributed by atoms with Gasteiger partial charge in [0, 0.05) is 31.4 Å². The zero-order valence-corrected chi connectivity index (χ0v) is 15.0. The molecular weight excluding hydrogens is 302 g/mol. The van der Waals surface area contributed by atoms with E-state index >= 15 is 0 Å². The van der Waals surface area contributed by atoms with Crippen LogP contribution >= 0.6 is 0 Å². The first-order chi connectivity index (χ1) is 11.4. The molecule has 1 saturated carbocycles. The first kappa shape index (κ1) is 15.9. The van der Waals surface area contributed by atoms with Crippen LogP contribution in [0.5, 0.6) is 0 Å². The van der Waals surface area contributed by atoms with E-state index in [0.717, 1.165) is 30.5 Å². The molecule has 0 aromatic carbocycles. The van der Waals surface area contributed by atoms with Crippen LogP contribution in [0, 0.1) is 24.7 Å². The van der Waals surface area contributed by atoms with E-state index in [0.29, 0.717) is 17.8 Å². The Labute approximate surface area is 143 Å². The summed E-state index contributed by atoms with van der Waals surface area (Å²) in [5, 5.41) is 3.02. The van der Waals surface area contributed by atoms with Crippen LogP contribution in [0.2, 0.25) is 0 Å². The third-order valence-electron chi connectivity index (χ3n) is 6.50. The van der Waals surface area contributed by atoms with Crippen molar-refractivity contribution in [3.63, 3.8) is 0 Å². The van der Waals surface area contributed by atoms with E-state index in [-0.39, 0.29) is 23.7 Å². The average molecular weight is 329 g/mol. The maximum atomic E-state index is 13.1. The van der Waals surface area contributed by atoms with Crippen molar-refractivity contribution in [1.29, 1.82) is 0 Å². The molecule has 0 spiro atoms. The monoisotopic (exact) mass is 329 g/mol. The van der Waals surface area contributed by atoms with E-state index in [4.69, 9.17) is 0 Å². The second-order valence-electron chi connectivity index (χ2n) is 8.02. The number of hydrogen-bond donors (Lipinski definition) is 1. The fourth-order valence-electron chi connectivity index (χ4n) is 5.45. The summed E-state index contributed by atoms with van der Waals surface area (Å²) in [7, 11) is 3.56. The van der Waals surface area contributed by atoms with Crippen molar-refractivity contribution in [1.82, 2.24) is 15.0 Å². The maximum absolute atomic E-state index is 13.1. The van der Waals surface area contributed by atoms with Crippen molar-refractivity contribution < 1.29 is 9.59 Å². The first-order valence-corrected chi connectivity index (χ1v) is 9.18. The second-order valence-corrected chi connectivity index (χ2v) is 8.02. The van der Waals surface area contributed by atoms with Crippen molar-refractivity contribution >= 4 is 11.8 Å². The van der Waals surface area contributed by atoms with E-state index in [1.807, 2.05) is 6.92 Å². The van der Waals surface area contributed by atoms with Crippen molar-refractivity contribution in [2.45, 2.75) is 51.4 Å². The third kappa shape index (κ3) is 2.03. The molecule has 1 aliphatic heterocycles. The number of nitrogens with one attached hydrogen (secondary N) is 1. The largest absolute Gasteiger partial charge is 0.362 e. The zero-order valence-electron chi connectivity index (χ0n) is 15.0. The van der Waals surface area contributed by atoms with Gasteiger partial charge >= 0.3 is 0 Å². The Morgan fingerprint density at radius 2 is 2.00 bits per heavy atom. The summed E-state index contributed by atoms with van der Waals surface area (Å²) in [5.41, 5.74) is 3.41. The number of aromatic amines is 1. The Hall–Kier alpha value is -1.62. The summed E-state index contributed by atoms with van der Waals surface area (Å²) in [6, 6.07) is 2.10. The smallest absolute Gasteiger partial charge is 0.252 e. The SMILES string of the molecule is CCC1CC[C@H]2c3[nH]c(C)cc3[C@H]3C(=O)N(N(C)C)C(=O)[C@H]3[C@H]2C1. The molecular formula is C19H27N3O2. The number of rotatable bonds is 2. The fourth-order valence-corrected chi connectivity index (χ4v) is 5.45. The molecule has 5 nitrogen and oxygen atoms in total. The predicted molar refractivity (Wildman–Crippen MR) is 91.2 cm³/mol. The highest BCUT2D eigenvalue weighted by atomic mass is 16.2. The number of hydrazine groups is 1. The summed E-state index contributed by atoms with van der Waals surface area (Å²) in [4.78, 5) is 29.7. The van der Waals surface area contributed by atoms with Crippen LogP contribution in [0.15, 0.2) is 6.07 Å². The van der Waals surface area contributed by atoms with Gasteiger partial charge in [-0.25, -0.2) is 10.0 Å². The maximum Gasteiger partial charge on any atom is 0.252 e. The van der Waals surface area contributed by atoms with Crippen LogP contribution in [-0.2, 0) is 9.59 Å². The van der Waals surface area contributed by atoms with Gasteiger partial charge in [-0.2, -0.15) is 0 Å². The molecule has 1 unspecified atom stereocenters. The molecule has 1 aromatic rings. The molecule has 2 aliphatic carbocycles. The topological polar surface area (TPSA) is 56.4 Å². The lowest BCUT2D eigenvalue weighted by molar-refractivity contribution is -0.154. The molecule has 2 heterocycles. The number of imide groups is 1. The number of aryl methyl sites for hydroxylation is 1. The van der Waals surface area contributed by atoms with Gasteiger partial charge in [-0.3, -0.25) is 9.59 Å². The second kappa shape index (κ2) is 5.45. The summed E-state index contributed by atoms with van der Waals surface area (Å²) >= 11 is 0. The summed E-state index contributed by atoms with van der Waals surface area (Å²) in [5.74, 6) is 0.857. The van der Waals surface area contributed by atoms with Crippen LogP contribution in [0.1, 0.15) is 61.4 Å². The van der Waals surface area contributed by atoms with Gasteiger partial charge < -0.3 is 4.98 Å². The Morgan fingerprint density at radius 3 is 2.67 bits per heavy atom. The number of fused-ring (bicyclic) bond motifs is 6. The molecule has 5 atom stereocenters. The molecule has 3 aliphatic rings. The molecule has 0 radical (unpaired) electrons.